The molecule has 0 aliphatic carbocycles. The van der Waals surface area contributed by atoms with Crippen molar-refractivity contribution in [3.8, 4) is 0 Å². The van der Waals surface area contributed by atoms with Gasteiger partial charge in [-0.3, -0.25) is 14.6 Å². The number of H-pyrrole nitrogens is 1. The summed E-state index contributed by atoms with van der Waals surface area (Å²) in [4.78, 5) is 34.2. The number of fused-ring (bicyclic) bond motifs is 1. The van der Waals surface area contributed by atoms with Crippen molar-refractivity contribution in [1.82, 2.24) is 19.5 Å². The lowest BCUT2D eigenvalue weighted by atomic mass is 10.2. The summed E-state index contributed by atoms with van der Waals surface area (Å²) in [5.41, 5.74) is 7.99. The van der Waals surface area contributed by atoms with E-state index < -0.39 is 13.9 Å². The third kappa shape index (κ3) is 6.80. The van der Waals surface area contributed by atoms with E-state index in [2.05, 4.69) is 21.5 Å². The quantitative estimate of drug-likeness (QED) is 0.226. The monoisotopic (exact) mass is 459 g/mol. The summed E-state index contributed by atoms with van der Waals surface area (Å²) >= 11 is 0. The summed E-state index contributed by atoms with van der Waals surface area (Å²) in [6.45, 7) is 6.57. The fraction of sp³-hybridized carbons (Fsp3) is 0.333. The van der Waals surface area contributed by atoms with Gasteiger partial charge in [0, 0.05) is 13.0 Å². The van der Waals surface area contributed by atoms with Gasteiger partial charge in [0.25, 0.3) is 5.56 Å². The number of anilines is 1. The number of hydrogen-bond donors (Lipinski definition) is 2. The second-order valence-electron chi connectivity index (χ2n) is 7.00. The van der Waals surface area contributed by atoms with Crippen molar-refractivity contribution in [2.24, 2.45) is 0 Å². The zero-order chi connectivity index (χ0) is 22.9. The molecule has 170 valence electrons. The second kappa shape index (κ2) is 11.6. The Bertz CT molecular complexity index is 1110. The minimum atomic E-state index is -1.44. The molecule has 3 aromatic rings. The minimum absolute atomic E-state index is 0.0239. The Labute approximate surface area is 186 Å². The number of aryl methyl sites for hydroxylation is 1. The van der Waals surface area contributed by atoms with E-state index in [0.717, 1.165) is 11.1 Å². The van der Waals surface area contributed by atoms with Gasteiger partial charge < -0.3 is 24.1 Å². The number of rotatable bonds is 13. The van der Waals surface area contributed by atoms with Gasteiger partial charge in [0.05, 0.1) is 19.5 Å². The van der Waals surface area contributed by atoms with Gasteiger partial charge in [-0.05, 0) is 12.5 Å². The molecule has 0 radical (unpaired) electrons. The van der Waals surface area contributed by atoms with Crippen LogP contribution in [-0.4, -0.2) is 44.9 Å². The maximum Gasteiger partial charge on any atom is 0.280 e. The summed E-state index contributed by atoms with van der Waals surface area (Å²) in [6, 6.07) is 7.98. The summed E-state index contributed by atoms with van der Waals surface area (Å²) in [7, 11) is -1.44. The van der Waals surface area contributed by atoms with Crippen LogP contribution < -0.4 is 11.3 Å². The number of hydrogen-bond acceptors (Lipinski definition) is 8. The Morgan fingerprint density at radius 1 is 1.31 bits per heavy atom. The number of Topliss-reactive ketones (excluding diaryl/α,β-unsaturated/α-hetero) is 1. The number of nitrogens with zero attached hydrogens (tertiary/aromatic N) is 3. The van der Waals surface area contributed by atoms with Crippen molar-refractivity contribution in [3.05, 3.63) is 64.7 Å². The van der Waals surface area contributed by atoms with E-state index in [-0.39, 0.29) is 36.6 Å². The number of aromatic amines is 1. The molecule has 1 unspecified atom stereocenters. The van der Waals surface area contributed by atoms with Crippen LogP contribution in [0.5, 0.6) is 0 Å². The number of aromatic nitrogens is 4. The highest BCUT2D eigenvalue weighted by molar-refractivity contribution is 7.47. The molecule has 0 aliphatic heterocycles. The number of nitrogens with one attached hydrogen (secondary N) is 1. The number of carbonyl (C=O) groups excluding carboxylic acids is 1. The number of ketones is 1. The number of allylic oxidation sites excluding steroid dienone is 1. The highest BCUT2D eigenvalue weighted by atomic mass is 31.2. The number of benzene rings is 1. The predicted octanol–water partition coefficient (Wildman–Crippen LogP) is 2.67. The van der Waals surface area contributed by atoms with Crippen LogP contribution in [0, 0.1) is 6.92 Å². The molecule has 2 aromatic heterocycles. The average molecular weight is 459 g/mol. The highest BCUT2D eigenvalue weighted by Gasteiger charge is 2.15. The van der Waals surface area contributed by atoms with Gasteiger partial charge in [-0.2, -0.15) is 4.98 Å². The van der Waals surface area contributed by atoms with Crippen LogP contribution in [0.2, 0.25) is 0 Å². The van der Waals surface area contributed by atoms with Crippen molar-refractivity contribution >= 4 is 31.3 Å². The molecule has 0 saturated heterocycles. The molecule has 0 spiro atoms. The Morgan fingerprint density at radius 2 is 2.09 bits per heavy atom. The first kappa shape index (κ1) is 23.7. The zero-order valence-electron chi connectivity index (χ0n) is 17.8. The first-order valence-electron chi connectivity index (χ1n) is 9.96. The normalized spacial score (nSPS) is 12.2. The largest absolute Gasteiger partial charge is 0.370 e. The molecular formula is C21H26N5O5P. The van der Waals surface area contributed by atoms with Crippen LogP contribution in [0.3, 0.4) is 0 Å². The summed E-state index contributed by atoms with van der Waals surface area (Å²) in [6.07, 6.45) is 3.48. The summed E-state index contributed by atoms with van der Waals surface area (Å²) in [5.74, 6) is -0.0546. The van der Waals surface area contributed by atoms with Crippen molar-refractivity contribution in [1.29, 1.82) is 0 Å². The molecule has 0 saturated carbocycles. The highest BCUT2D eigenvalue weighted by Crippen LogP contribution is 2.39. The maximum atomic E-state index is 11.9. The zero-order valence-corrected chi connectivity index (χ0v) is 18.7. The van der Waals surface area contributed by atoms with Gasteiger partial charge in [-0.15, -0.1) is 6.58 Å². The second-order valence-corrected chi connectivity index (χ2v) is 8.44. The molecule has 1 aromatic carbocycles. The van der Waals surface area contributed by atoms with Crippen LogP contribution in [0.1, 0.15) is 17.5 Å². The van der Waals surface area contributed by atoms with E-state index >= 15 is 0 Å². The van der Waals surface area contributed by atoms with E-state index in [9.17, 15) is 9.59 Å². The molecule has 10 nitrogen and oxygen atoms in total. The lowest BCUT2D eigenvalue weighted by Gasteiger charge is -2.17. The molecule has 32 heavy (non-hydrogen) atoms. The van der Waals surface area contributed by atoms with E-state index in [1.54, 1.807) is 10.6 Å². The summed E-state index contributed by atoms with van der Waals surface area (Å²) in [5, 5.41) is 0. The number of imidazole rings is 1. The molecular weight excluding hydrogens is 433 g/mol. The molecule has 0 fully saturated rings. The van der Waals surface area contributed by atoms with Gasteiger partial charge in [0.1, 0.15) is 13.0 Å². The molecule has 3 rings (SSSR count). The van der Waals surface area contributed by atoms with Gasteiger partial charge >= 0.3 is 0 Å². The van der Waals surface area contributed by atoms with Gasteiger partial charge in [-0.25, -0.2) is 4.98 Å². The van der Waals surface area contributed by atoms with Crippen molar-refractivity contribution in [3.63, 3.8) is 0 Å². The van der Waals surface area contributed by atoms with Crippen LogP contribution in [0.4, 0.5) is 5.95 Å². The third-order valence-electron chi connectivity index (χ3n) is 4.40. The predicted molar refractivity (Wildman–Crippen MR) is 122 cm³/mol. The minimum Gasteiger partial charge on any atom is -0.370 e. The first-order valence-corrected chi connectivity index (χ1v) is 11.3. The molecule has 1 atom stereocenters. The van der Waals surface area contributed by atoms with Crippen LogP contribution in [-0.2, 0) is 31.7 Å². The number of nitrogen functional groups attached to an aromatic ring is 1. The molecule has 11 heteroatoms. The van der Waals surface area contributed by atoms with Gasteiger partial charge in [0.2, 0.25) is 5.95 Å². The molecule has 0 bridgehead atoms. The molecule has 3 N–H and O–H groups in total. The number of ether oxygens (including phenoxy) is 1. The Balaban J connectivity index is 1.54. The Morgan fingerprint density at radius 3 is 2.84 bits per heavy atom. The van der Waals surface area contributed by atoms with Crippen LogP contribution >= 0.6 is 8.38 Å². The fourth-order valence-electron chi connectivity index (χ4n) is 2.74. The fourth-order valence-corrected chi connectivity index (χ4v) is 3.83. The third-order valence-corrected chi connectivity index (χ3v) is 5.63. The van der Waals surface area contributed by atoms with E-state index in [0.29, 0.717) is 25.4 Å². The van der Waals surface area contributed by atoms with Crippen molar-refractivity contribution < 1.29 is 18.6 Å². The van der Waals surface area contributed by atoms with Gasteiger partial charge in [0.15, 0.2) is 25.3 Å². The lowest BCUT2D eigenvalue weighted by molar-refractivity contribution is -0.120. The Kier molecular flexibility index (Phi) is 8.64. The van der Waals surface area contributed by atoms with Crippen molar-refractivity contribution in [2.45, 2.75) is 26.5 Å². The van der Waals surface area contributed by atoms with Crippen LogP contribution in [0.15, 0.2) is 48.0 Å². The Hall–Kier alpha value is -2.91. The topological polar surface area (TPSA) is 134 Å². The lowest BCUT2D eigenvalue weighted by Crippen LogP contribution is -2.13. The molecule has 0 amide bonds. The van der Waals surface area contributed by atoms with E-state index in [1.165, 1.54) is 6.33 Å². The number of carbonyl (C=O) groups is 1. The van der Waals surface area contributed by atoms with Crippen LogP contribution in [0.25, 0.3) is 11.2 Å². The smallest absolute Gasteiger partial charge is 0.280 e. The molecule has 2 heterocycles. The SMILES string of the molecule is C=CCC(=O)COP(COCCn1cnc2c(=O)[nH]c(N)nc21)OCc1ccc(C)cc1. The average Bonchev–Trinajstić information content (AvgIpc) is 3.17. The summed E-state index contributed by atoms with van der Waals surface area (Å²) < 4.78 is 19.0. The van der Waals surface area contributed by atoms with E-state index in [1.807, 2.05) is 31.2 Å². The maximum absolute atomic E-state index is 11.9. The number of nitrogens with two attached hydrogens (primary N) is 1. The standard InChI is InChI=1S/C21H26N5O5P/c1-3-4-17(27)12-31-32(30-11-16-7-5-15(2)6-8-16)14-29-10-9-26-13-23-18-19(26)24-21(22)25-20(18)28/h3,5-8,13H,1,4,9-12,14H2,2H3,(H3,22,24,25,28). The first-order chi connectivity index (χ1) is 15.5. The van der Waals surface area contributed by atoms with Gasteiger partial charge in [-0.1, -0.05) is 35.9 Å². The molecule has 0 aliphatic rings. The van der Waals surface area contributed by atoms with E-state index in [4.69, 9.17) is 19.5 Å². The van der Waals surface area contributed by atoms with Crippen molar-refractivity contribution in [2.75, 3.05) is 25.3 Å².